The number of ether oxygens (including phenoxy) is 1. The summed E-state index contributed by atoms with van der Waals surface area (Å²) in [6.45, 7) is 8.15. The Hall–Kier alpha value is -0.670. The van der Waals surface area contributed by atoms with Gasteiger partial charge in [-0.2, -0.15) is 11.8 Å². The Morgan fingerprint density at radius 3 is 2.69 bits per heavy atom. The molecule has 0 unspecified atom stereocenters. The molecule has 0 aliphatic carbocycles. The zero-order valence-corrected chi connectivity index (χ0v) is 19.1. The molecule has 148 valence electrons. The van der Waals surface area contributed by atoms with E-state index in [1.165, 1.54) is 29.8 Å². The van der Waals surface area contributed by atoms with Gasteiger partial charge >= 0.3 is 0 Å². The Bertz CT molecular complexity index is 524. The van der Waals surface area contributed by atoms with Crippen molar-refractivity contribution < 1.29 is 4.74 Å². The van der Waals surface area contributed by atoms with Crippen molar-refractivity contribution in [1.29, 1.82) is 0 Å². The van der Waals surface area contributed by atoms with Gasteiger partial charge in [-0.25, -0.2) is 4.99 Å². The number of guanidine groups is 1. The number of hydrogen-bond acceptors (Lipinski definition) is 4. The first-order valence-corrected chi connectivity index (χ1v) is 10.7. The van der Waals surface area contributed by atoms with Crippen molar-refractivity contribution in [2.24, 2.45) is 4.99 Å². The highest BCUT2D eigenvalue weighted by molar-refractivity contribution is 14.0. The molecule has 1 aromatic carbocycles. The quantitative estimate of drug-likeness (QED) is 0.240. The fraction of sp³-hybridized carbons (Fsp3) is 0.632. The topological polar surface area (TPSA) is 48.9 Å². The number of nitrogens with zero attached hydrogens (tertiary/aromatic N) is 2. The monoisotopic (exact) mass is 492 g/mol. The molecule has 0 radical (unpaired) electrons. The molecular weight excluding hydrogens is 459 g/mol. The normalized spacial score (nSPS) is 14.7. The summed E-state index contributed by atoms with van der Waals surface area (Å²) in [4.78, 5) is 7.19. The number of anilines is 1. The number of para-hydroxylation sites is 1. The van der Waals surface area contributed by atoms with Gasteiger partial charge < -0.3 is 20.3 Å². The maximum atomic E-state index is 5.47. The molecule has 0 amide bonds. The number of unbranched alkanes of at least 4 members (excludes halogenated alkanes) is 1. The SMILES string of the molecule is CCNC(=NCc1ccccc1N1CCOCC1)NCCCCSC.I. The van der Waals surface area contributed by atoms with E-state index in [0.717, 1.165) is 45.4 Å². The standard InChI is InChI=1S/C19H32N4OS.HI/c1-3-20-19(21-10-6-7-15-25-2)22-16-17-8-4-5-9-18(17)23-11-13-24-14-12-23;/h4-5,8-9H,3,6-7,10-16H2,1-2H3,(H2,20,21,22);1H. The fourth-order valence-electron chi connectivity index (χ4n) is 2.84. The Kier molecular flexibility index (Phi) is 12.9. The average Bonchev–Trinajstić information content (AvgIpc) is 2.67. The van der Waals surface area contributed by atoms with Gasteiger partial charge in [-0.15, -0.1) is 24.0 Å². The summed E-state index contributed by atoms with van der Waals surface area (Å²) in [7, 11) is 0. The molecule has 0 aromatic heterocycles. The molecule has 1 fully saturated rings. The van der Waals surface area contributed by atoms with Gasteiger partial charge in [0.1, 0.15) is 0 Å². The van der Waals surface area contributed by atoms with Crippen LogP contribution in [0.2, 0.25) is 0 Å². The molecule has 2 rings (SSSR count). The Morgan fingerprint density at radius 2 is 1.96 bits per heavy atom. The molecule has 26 heavy (non-hydrogen) atoms. The molecule has 1 aliphatic rings. The third-order valence-electron chi connectivity index (χ3n) is 4.16. The van der Waals surface area contributed by atoms with Gasteiger partial charge in [-0.1, -0.05) is 18.2 Å². The van der Waals surface area contributed by atoms with E-state index in [2.05, 4.69) is 53.0 Å². The van der Waals surface area contributed by atoms with Crippen molar-refractivity contribution in [3.8, 4) is 0 Å². The van der Waals surface area contributed by atoms with Gasteiger partial charge in [-0.3, -0.25) is 0 Å². The minimum atomic E-state index is 0. The summed E-state index contributed by atoms with van der Waals surface area (Å²) in [6.07, 6.45) is 4.58. The van der Waals surface area contributed by atoms with Gasteiger partial charge in [0.05, 0.1) is 19.8 Å². The van der Waals surface area contributed by atoms with Crippen LogP contribution in [0.1, 0.15) is 25.3 Å². The lowest BCUT2D eigenvalue weighted by molar-refractivity contribution is 0.122. The highest BCUT2D eigenvalue weighted by atomic mass is 127. The van der Waals surface area contributed by atoms with Gasteiger partial charge in [-0.05, 0) is 43.4 Å². The fourth-order valence-corrected chi connectivity index (χ4v) is 3.33. The second-order valence-corrected chi connectivity index (χ2v) is 7.04. The van der Waals surface area contributed by atoms with Crippen LogP contribution in [0, 0.1) is 0 Å². The summed E-state index contributed by atoms with van der Waals surface area (Å²) in [5, 5.41) is 6.79. The first kappa shape index (κ1) is 23.4. The van der Waals surface area contributed by atoms with Crippen molar-refractivity contribution in [3.63, 3.8) is 0 Å². The number of thioether (sulfide) groups is 1. The van der Waals surface area contributed by atoms with Gasteiger partial charge in [0.15, 0.2) is 5.96 Å². The highest BCUT2D eigenvalue weighted by Gasteiger charge is 2.14. The Labute approximate surface area is 179 Å². The van der Waals surface area contributed by atoms with Crippen LogP contribution in [0.25, 0.3) is 0 Å². The van der Waals surface area contributed by atoms with Crippen molar-refractivity contribution >= 4 is 47.4 Å². The number of morpholine rings is 1. The molecule has 0 atom stereocenters. The largest absolute Gasteiger partial charge is 0.378 e. The predicted octanol–water partition coefficient (Wildman–Crippen LogP) is 3.34. The summed E-state index contributed by atoms with van der Waals surface area (Å²) in [5.41, 5.74) is 2.55. The molecule has 2 N–H and O–H groups in total. The number of hydrogen-bond donors (Lipinski definition) is 2. The van der Waals surface area contributed by atoms with Crippen molar-refractivity contribution in [2.45, 2.75) is 26.3 Å². The summed E-state index contributed by atoms with van der Waals surface area (Å²) < 4.78 is 5.47. The van der Waals surface area contributed by atoms with E-state index in [1.807, 2.05) is 11.8 Å². The first-order chi connectivity index (χ1) is 12.3. The summed E-state index contributed by atoms with van der Waals surface area (Å²) in [5.74, 6) is 2.13. The van der Waals surface area contributed by atoms with Gasteiger partial charge in [0.2, 0.25) is 0 Å². The molecule has 1 aliphatic heterocycles. The van der Waals surface area contributed by atoms with E-state index in [0.29, 0.717) is 6.54 Å². The van der Waals surface area contributed by atoms with Crippen molar-refractivity contribution in [3.05, 3.63) is 29.8 Å². The first-order valence-electron chi connectivity index (χ1n) is 9.27. The van der Waals surface area contributed by atoms with Crippen LogP contribution in [0.3, 0.4) is 0 Å². The average molecular weight is 492 g/mol. The van der Waals surface area contributed by atoms with E-state index in [-0.39, 0.29) is 24.0 Å². The molecule has 0 spiro atoms. The van der Waals surface area contributed by atoms with Gasteiger partial charge in [0.25, 0.3) is 0 Å². The zero-order valence-electron chi connectivity index (χ0n) is 16.0. The van der Waals surface area contributed by atoms with Crippen LogP contribution in [0.4, 0.5) is 5.69 Å². The van der Waals surface area contributed by atoms with E-state index in [4.69, 9.17) is 9.73 Å². The lowest BCUT2D eigenvalue weighted by atomic mass is 10.1. The van der Waals surface area contributed by atoms with Crippen molar-refractivity contribution in [1.82, 2.24) is 10.6 Å². The molecule has 1 saturated heterocycles. The predicted molar refractivity (Wildman–Crippen MR) is 125 cm³/mol. The molecule has 7 heteroatoms. The van der Waals surface area contributed by atoms with Crippen LogP contribution in [0.5, 0.6) is 0 Å². The van der Waals surface area contributed by atoms with Crippen LogP contribution < -0.4 is 15.5 Å². The van der Waals surface area contributed by atoms with E-state index in [1.54, 1.807) is 0 Å². The summed E-state index contributed by atoms with van der Waals surface area (Å²) in [6, 6.07) is 8.57. The van der Waals surface area contributed by atoms with E-state index >= 15 is 0 Å². The van der Waals surface area contributed by atoms with Gasteiger partial charge in [0, 0.05) is 31.9 Å². The maximum absolute atomic E-state index is 5.47. The maximum Gasteiger partial charge on any atom is 0.191 e. The molecular formula is C19H33IN4OS. The van der Waals surface area contributed by atoms with Crippen LogP contribution in [-0.4, -0.2) is 57.4 Å². The second-order valence-electron chi connectivity index (χ2n) is 6.05. The van der Waals surface area contributed by atoms with E-state index in [9.17, 15) is 0 Å². The highest BCUT2D eigenvalue weighted by Crippen LogP contribution is 2.22. The minimum absolute atomic E-state index is 0. The van der Waals surface area contributed by atoms with E-state index < -0.39 is 0 Å². The number of halogens is 1. The lowest BCUT2D eigenvalue weighted by Crippen LogP contribution is -2.38. The molecule has 0 bridgehead atoms. The number of nitrogens with one attached hydrogen (secondary N) is 2. The van der Waals surface area contributed by atoms with Crippen LogP contribution in [0.15, 0.2) is 29.3 Å². The lowest BCUT2D eigenvalue weighted by Gasteiger charge is -2.30. The summed E-state index contributed by atoms with van der Waals surface area (Å²) >= 11 is 1.91. The van der Waals surface area contributed by atoms with Crippen molar-refractivity contribution in [2.75, 3.05) is 56.3 Å². The molecule has 1 heterocycles. The van der Waals surface area contributed by atoms with Crippen LogP contribution >= 0.6 is 35.7 Å². The molecule has 1 aromatic rings. The number of rotatable bonds is 9. The third-order valence-corrected chi connectivity index (χ3v) is 4.86. The third kappa shape index (κ3) is 8.35. The van der Waals surface area contributed by atoms with Crippen LogP contribution in [-0.2, 0) is 11.3 Å². The second kappa shape index (κ2) is 14.4. The molecule has 0 saturated carbocycles. The Morgan fingerprint density at radius 1 is 1.19 bits per heavy atom. The smallest absolute Gasteiger partial charge is 0.191 e. The number of benzene rings is 1. The Balaban J connectivity index is 0.00000338. The molecule has 5 nitrogen and oxygen atoms in total. The number of aliphatic imine (C=N–C) groups is 1. The minimum Gasteiger partial charge on any atom is -0.378 e. The zero-order chi connectivity index (χ0) is 17.7.